The molecule has 1 aliphatic heterocycles. The third-order valence-electron chi connectivity index (χ3n) is 3.80. The first-order valence-electron chi connectivity index (χ1n) is 6.80. The molecule has 2 heterocycles. The van der Waals surface area contributed by atoms with Gasteiger partial charge in [0.25, 0.3) is 0 Å². The molecule has 2 aromatic rings. The van der Waals surface area contributed by atoms with Crippen LogP contribution in [0.4, 0.5) is 5.69 Å². The van der Waals surface area contributed by atoms with Crippen molar-refractivity contribution in [3.8, 4) is 0 Å². The van der Waals surface area contributed by atoms with Crippen LogP contribution in [0.15, 0.2) is 16.6 Å². The maximum Gasteiger partial charge on any atom is 0.0771 e. The van der Waals surface area contributed by atoms with Gasteiger partial charge in [0.15, 0.2) is 0 Å². The van der Waals surface area contributed by atoms with Crippen LogP contribution < -0.4 is 10.2 Å². The molecular weight excluding hydrogens is 338 g/mol. The lowest BCUT2D eigenvalue weighted by molar-refractivity contribution is 0.589. The lowest BCUT2D eigenvalue weighted by atomic mass is 10.1. The van der Waals surface area contributed by atoms with Crippen LogP contribution in [0.25, 0.3) is 10.9 Å². The second kappa shape index (κ2) is 5.51. The Hall–Kier alpha value is -0.840. The SMILES string of the molecule is Cc1nc2c(C)ccc(Cl)c2c(N2CCNCC2)c1Br. The second-order valence-corrected chi connectivity index (χ2v) is 6.38. The van der Waals surface area contributed by atoms with Crippen LogP contribution in [-0.2, 0) is 0 Å². The van der Waals surface area contributed by atoms with E-state index in [0.717, 1.165) is 57.8 Å². The van der Waals surface area contributed by atoms with Gasteiger partial charge in [-0.05, 0) is 41.4 Å². The number of pyridine rings is 1. The summed E-state index contributed by atoms with van der Waals surface area (Å²) in [5, 5.41) is 5.22. The number of hydrogen-bond donors (Lipinski definition) is 1. The summed E-state index contributed by atoms with van der Waals surface area (Å²) in [5.41, 5.74) is 4.36. The second-order valence-electron chi connectivity index (χ2n) is 5.18. The van der Waals surface area contributed by atoms with Gasteiger partial charge in [-0.25, -0.2) is 0 Å². The number of piperazine rings is 1. The molecule has 1 saturated heterocycles. The zero-order chi connectivity index (χ0) is 14.3. The average molecular weight is 355 g/mol. The highest BCUT2D eigenvalue weighted by molar-refractivity contribution is 9.10. The Bertz CT molecular complexity index is 666. The maximum absolute atomic E-state index is 6.47. The van der Waals surface area contributed by atoms with Crippen molar-refractivity contribution in [1.29, 1.82) is 0 Å². The third-order valence-corrected chi connectivity index (χ3v) is 5.07. The van der Waals surface area contributed by atoms with Crippen LogP contribution in [0, 0.1) is 13.8 Å². The van der Waals surface area contributed by atoms with Gasteiger partial charge >= 0.3 is 0 Å². The fourth-order valence-corrected chi connectivity index (χ4v) is 3.50. The van der Waals surface area contributed by atoms with Crippen molar-refractivity contribution in [2.24, 2.45) is 0 Å². The molecule has 0 saturated carbocycles. The molecule has 0 radical (unpaired) electrons. The molecule has 0 atom stereocenters. The number of anilines is 1. The molecule has 1 aromatic carbocycles. The van der Waals surface area contributed by atoms with E-state index in [1.54, 1.807) is 0 Å². The van der Waals surface area contributed by atoms with Crippen molar-refractivity contribution in [2.75, 3.05) is 31.1 Å². The van der Waals surface area contributed by atoms with Gasteiger partial charge < -0.3 is 10.2 Å². The molecule has 1 fully saturated rings. The molecule has 0 amide bonds. The van der Waals surface area contributed by atoms with E-state index < -0.39 is 0 Å². The Kier molecular flexibility index (Phi) is 3.89. The molecule has 106 valence electrons. The highest BCUT2D eigenvalue weighted by atomic mass is 79.9. The Balaban J connectivity index is 2.32. The van der Waals surface area contributed by atoms with Crippen molar-refractivity contribution in [2.45, 2.75) is 13.8 Å². The Morgan fingerprint density at radius 2 is 1.95 bits per heavy atom. The minimum Gasteiger partial charge on any atom is -0.367 e. The molecule has 1 aliphatic rings. The van der Waals surface area contributed by atoms with Crippen molar-refractivity contribution in [3.05, 3.63) is 32.9 Å². The van der Waals surface area contributed by atoms with E-state index in [4.69, 9.17) is 16.6 Å². The van der Waals surface area contributed by atoms with Crippen molar-refractivity contribution in [3.63, 3.8) is 0 Å². The molecule has 20 heavy (non-hydrogen) atoms. The number of halogens is 2. The lowest BCUT2D eigenvalue weighted by Crippen LogP contribution is -2.43. The fourth-order valence-electron chi connectivity index (χ4n) is 2.72. The van der Waals surface area contributed by atoms with Crippen LogP contribution in [0.5, 0.6) is 0 Å². The number of hydrogen-bond acceptors (Lipinski definition) is 3. The molecule has 0 unspecified atom stereocenters. The predicted molar refractivity (Wildman–Crippen MR) is 89.0 cm³/mol. The highest BCUT2D eigenvalue weighted by Gasteiger charge is 2.21. The quantitative estimate of drug-likeness (QED) is 0.847. The molecule has 3 nitrogen and oxygen atoms in total. The Labute approximate surface area is 132 Å². The summed E-state index contributed by atoms with van der Waals surface area (Å²) in [5.74, 6) is 0. The number of benzene rings is 1. The number of aromatic nitrogens is 1. The van der Waals surface area contributed by atoms with Gasteiger partial charge in [0, 0.05) is 31.6 Å². The standard InChI is InChI=1S/C15H17BrClN3/c1-9-3-4-11(17)12-14(9)19-10(2)13(16)15(12)20-7-5-18-6-8-20/h3-4,18H,5-8H2,1-2H3. The zero-order valence-electron chi connectivity index (χ0n) is 11.6. The molecule has 0 bridgehead atoms. The molecule has 0 spiro atoms. The van der Waals surface area contributed by atoms with Crippen molar-refractivity contribution in [1.82, 2.24) is 10.3 Å². The summed E-state index contributed by atoms with van der Waals surface area (Å²) >= 11 is 10.2. The molecule has 1 N–H and O–H groups in total. The van der Waals surface area contributed by atoms with Gasteiger partial charge in [0.2, 0.25) is 0 Å². The molecular formula is C15H17BrClN3. The topological polar surface area (TPSA) is 28.2 Å². The van der Waals surface area contributed by atoms with E-state index in [0.29, 0.717) is 0 Å². The highest BCUT2D eigenvalue weighted by Crippen LogP contribution is 2.40. The predicted octanol–water partition coefficient (Wildman–Crippen LogP) is 3.68. The smallest absolute Gasteiger partial charge is 0.0771 e. The summed E-state index contributed by atoms with van der Waals surface area (Å²) < 4.78 is 1.06. The summed E-state index contributed by atoms with van der Waals surface area (Å²) in [6, 6.07) is 4.00. The zero-order valence-corrected chi connectivity index (χ0v) is 14.0. The van der Waals surface area contributed by atoms with Gasteiger partial charge in [-0.15, -0.1) is 0 Å². The minimum absolute atomic E-state index is 0.771. The van der Waals surface area contributed by atoms with Crippen LogP contribution in [0.1, 0.15) is 11.3 Å². The summed E-state index contributed by atoms with van der Waals surface area (Å²) in [6.07, 6.45) is 0. The third kappa shape index (κ3) is 2.30. The number of nitrogens with zero attached hydrogens (tertiary/aromatic N) is 2. The van der Waals surface area contributed by atoms with Crippen molar-refractivity contribution < 1.29 is 0 Å². The number of fused-ring (bicyclic) bond motifs is 1. The first-order chi connectivity index (χ1) is 9.59. The van der Waals surface area contributed by atoms with Gasteiger partial charge in [-0.3, -0.25) is 4.98 Å². The lowest BCUT2D eigenvalue weighted by Gasteiger charge is -2.32. The monoisotopic (exact) mass is 353 g/mol. The number of aryl methyl sites for hydroxylation is 2. The first kappa shape index (κ1) is 14.1. The van der Waals surface area contributed by atoms with Crippen LogP contribution in [0.2, 0.25) is 5.02 Å². The van der Waals surface area contributed by atoms with Crippen LogP contribution in [-0.4, -0.2) is 31.2 Å². The average Bonchev–Trinajstić information content (AvgIpc) is 2.46. The maximum atomic E-state index is 6.47. The first-order valence-corrected chi connectivity index (χ1v) is 7.97. The van der Waals surface area contributed by atoms with E-state index in [2.05, 4.69) is 33.1 Å². The Morgan fingerprint density at radius 1 is 1.25 bits per heavy atom. The number of nitrogens with one attached hydrogen (secondary N) is 1. The molecule has 0 aliphatic carbocycles. The summed E-state index contributed by atoms with van der Waals surface area (Å²) in [6.45, 7) is 8.09. The van der Waals surface area contributed by atoms with E-state index in [1.165, 1.54) is 5.69 Å². The molecule has 5 heteroatoms. The van der Waals surface area contributed by atoms with Gasteiger partial charge in [-0.2, -0.15) is 0 Å². The van der Waals surface area contributed by atoms with Crippen LogP contribution >= 0.6 is 27.5 Å². The van der Waals surface area contributed by atoms with E-state index >= 15 is 0 Å². The molecule has 1 aromatic heterocycles. The van der Waals surface area contributed by atoms with E-state index in [9.17, 15) is 0 Å². The fraction of sp³-hybridized carbons (Fsp3) is 0.400. The summed E-state index contributed by atoms with van der Waals surface area (Å²) in [4.78, 5) is 7.11. The van der Waals surface area contributed by atoms with Gasteiger partial charge in [0.05, 0.1) is 26.4 Å². The van der Waals surface area contributed by atoms with Crippen molar-refractivity contribution >= 4 is 44.1 Å². The van der Waals surface area contributed by atoms with Gasteiger partial charge in [0.1, 0.15) is 0 Å². The number of rotatable bonds is 1. The van der Waals surface area contributed by atoms with Gasteiger partial charge in [-0.1, -0.05) is 17.7 Å². The minimum atomic E-state index is 0.771. The Morgan fingerprint density at radius 3 is 2.65 bits per heavy atom. The normalized spacial score (nSPS) is 15.9. The van der Waals surface area contributed by atoms with Crippen LogP contribution in [0.3, 0.4) is 0 Å². The van der Waals surface area contributed by atoms with E-state index in [1.807, 2.05) is 19.1 Å². The largest absolute Gasteiger partial charge is 0.367 e. The van der Waals surface area contributed by atoms with E-state index in [-0.39, 0.29) is 0 Å². The molecule has 3 rings (SSSR count). The summed E-state index contributed by atoms with van der Waals surface area (Å²) in [7, 11) is 0.